The summed E-state index contributed by atoms with van der Waals surface area (Å²) in [6.07, 6.45) is 0. The first kappa shape index (κ1) is 14.2. The summed E-state index contributed by atoms with van der Waals surface area (Å²) >= 11 is 14.8. The number of carbonyl (C=O) groups is 1. The van der Waals surface area contributed by atoms with Gasteiger partial charge in [-0.05, 0) is 36.4 Å². The summed E-state index contributed by atoms with van der Waals surface area (Å²) in [5, 5.41) is 13.1. The van der Waals surface area contributed by atoms with Gasteiger partial charge in [0, 0.05) is 10.2 Å². The number of phenolic OH excluding ortho intramolecular Hbond substituents is 1. The fourth-order valence-electron chi connectivity index (χ4n) is 1.47. The molecule has 0 unspecified atom stereocenters. The molecule has 2 aromatic rings. The van der Waals surface area contributed by atoms with E-state index in [4.69, 9.17) is 23.2 Å². The molecule has 1 amide bonds. The van der Waals surface area contributed by atoms with Crippen molar-refractivity contribution >= 4 is 50.7 Å². The second kappa shape index (κ2) is 5.82. The Bertz CT molecular complexity index is 647. The van der Waals surface area contributed by atoms with Gasteiger partial charge in [0.25, 0.3) is 5.91 Å². The van der Waals surface area contributed by atoms with Crippen LogP contribution in [-0.2, 0) is 0 Å². The molecule has 0 spiro atoms. The zero-order valence-electron chi connectivity index (χ0n) is 9.45. The van der Waals surface area contributed by atoms with Gasteiger partial charge in [-0.15, -0.1) is 0 Å². The molecular weight excluding hydrogens is 353 g/mol. The van der Waals surface area contributed by atoms with E-state index in [9.17, 15) is 9.90 Å². The lowest BCUT2D eigenvalue weighted by Gasteiger charge is -2.08. The smallest absolute Gasteiger partial charge is 0.259 e. The average molecular weight is 361 g/mol. The zero-order valence-corrected chi connectivity index (χ0v) is 12.6. The number of nitrogens with one attached hydrogen (secondary N) is 1. The molecule has 0 fully saturated rings. The van der Waals surface area contributed by atoms with E-state index in [1.165, 1.54) is 18.2 Å². The molecule has 19 heavy (non-hydrogen) atoms. The average Bonchev–Trinajstić information content (AvgIpc) is 2.33. The lowest BCUT2D eigenvalue weighted by atomic mass is 10.2. The molecule has 0 radical (unpaired) electrons. The van der Waals surface area contributed by atoms with Crippen molar-refractivity contribution in [1.82, 2.24) is 0 Å². The van der Waals surface area contributed by atoms with Gasteiger partial charge in [0.2, 0.25) is 0 Å². The van der Waals surface area contributed by atoms with Gasteiger partial charge in [-0.3, -0.25) is 4.79 Å². The number of hydrogen-bond acceptors (Lipinski definition) is 2. The number of halogens is 3. The molecule has 98 valence electrons. The van der Waals surface area contributed by atoms with Gasteiger partial charge in [-0.1, -0.05) is 39.1 Å². The van der Waals surface area contributed by atoms with Crippen LogP contribution in [0.15, 0.2) is 40.9 Å². The van der Waals surface area contributed by atoms with Crippen LogP contribution in [0.5, 0.6) is 5.75 Å². The fraction of sp³-hybridized carbons (Fsp3) is 0. The van der Waals surface area contributed by atoms with Crippen molar-refractivity contribution in [1.29, 1.82) is 0 Å². The molecule has 0 aliphatic rings. The summed E-state index contributed by atoms with van der Waals surface area (Å²) in [6.45, 7) is 0. The van der Waals surface area contributed by atoms with E-state index in [2.05, 4.69) is 21.2 Å². The summed E-state index contributed by atoms with van der Waals surface area (Å²) in [5.74, 6) is -0.532. The van der Waals surface area contributed by atoms with Crippen molar-refractivity contribution < 1.29 is 9.90 Å². The van der Waals surface area contributed by atoms with Crippen LogP contribution in [0.2, 0.25) is 10.0 Å². The Morgan fingerprint density at radius 3 is 2.47 bits per heavy atom. The summed E-state index contributed by atoms with van der Waals surface area (Å²) in [6, 6.07) is 9.39. The van der Waals surface area contributed by atoms with E-state index < -0.39 is 5.91 Å². The number of rotatable bonds is 2. The third kappa shape index (κ3) is 3.41. The van der Waals surface area contributed by atoms with Crippen LogP contribution in [0.4, 0.5) is 5.69 Å². The highest BCUT2D eigenvalue weighted by Gasteiger charge is 2.12. The first-order valence-corrected chi connectivity index (χ1v) is 6.77. The first-order valence-electron chi connectivity index (χ1n) is 5.22. The highest BCUT2D eigenvalue weighted by molar-refractivity contribution is 9.10. The maximum atomic E-state index is 12.0. The van der Waals surface area contributed by atoms with Gasteiger partial charge in [0.05, 0.1) is 15.6 Å². The van der Waals surface area contributed by atoms with Crippen molar-refractivity contribution in [3.8, 4) is 5.75 Å². The van der Waals surface area contributed by atoms with E-state index in [1.807, 2.05) is 0 Å². The molecule has 0 bridgehead atoms. The van der Waals surface area contributed by atoms with E-state index in [-0.39, 0.29) is 11.3 Å². The molecule has 3 nitrogen and oxygen atoms in total. The molecule has 0 atom stereocenters. The molecule has 2 rings (SSSR count). The summed E-state index contributed by atoms with van der Waals surface area (Å²) in [4.78, 5) is 12.0. The molecule has 0 aliphatic carbocycles. The van der Waals surface area contributed by atoms with Crippen molar-refractivity contribution in [2.75, 3.05) is 5.32 Å². The van der Waals surface area contributed by atoms with Gasteiger partial charge in [-0.2, -0.15) is 0 Å². The number of amides is 1. The third-order valence-corrected chi connectivity index (χ3v) is 3.61. The van der Waals surface area contributed by atoms with Gasteiger partial charge in [0.15, 0.2) is 0 Å². The Balaban J connectivity index is 2.23. The maximum absolute atomic E-state index is 12.0. The van der Waals surface area contributed by atoms with E-state index in [0.717, 1.165) is 0 Å². The highest BCUT2D eigenvalue weighted by Crippen LogP contribution is 2.27. The van der Waals surface area contributed by atoms with Crippen LogP contribution < -0.4 is 5.32 Å². The Kier molecular flexibility index (Phi) is 4.34. The molecule has 0 heterocycles. The van der Waals surface area contributed by atoms with Gasteiger partial charge in [-0.25, -0.2) is 0 Å². The molecular formula is C13H8BrCl2NO2. The molecule has 6 heteroatoms. The predicted molar refractivity (Wildman–Crippen MR) is 80.2 cm³/mol. The predicted octanol–water partition coefficient (Wildman–Crippen LogP) is 4.71. The van der Waals surface area contributed by atoms with Crippen molar-refractivity contribution in [2.24, 2.45) is 0 Å². The minimum Gasteiger partial charge on any atom is -0.507 e. The van der Waals surface area contributed by atoms with E-state index >= 15 is 0 Å². The van der Waals surface area contributed by atoms with Crippen LogP contribution >= 0.6 is 39.1 Å². The van der Waals surface area contributed by atoms with Gasteiger partial charge >= 0.3 is 0 Å². The normalized spacial score (nSPS) is 10.3. The second-order valence-electron chi connectivity index (χ2n) is 3.74. The number of aromatic hydroxyl groups is 1. The number of carbonyl (C=O) groups excluding carboxylic acids is 1. The van der Waals surface area contributed by atoms with Crippen LogP contribution in [0.25, 0.3) is 0 Å². The van der Waals surface area contributed by atoms with Crippen molar-refractivity contribution in [2.45, 2.75) is 0 Å². The number of hydrogen-bond donors (Lipinski definition) is 2. The molecule has 0 aliphatic heterocycles. The lowest BCUT2D eigenvalue weighted by Crippen LogP contribution is -2.12. The minimum absolute atomic E-state index is 0.105. The molecule has 0 aromatic heterocycles. The van der Waals surface area contributed by atoms with Crippen LogP contribution in [0, 0.1) is 0 Å². The molecule has 2 aromatic carbocycles. The largest absolute Gasteiger partial charge is 0.507 e. The topological polar surface area (TPSA) is 49.3 Å². The minimum atomic E-state index is -0.427. The first-order chi connectivity index (χ1) is 8.97. The quantitative estimate of drug-likeness (QED) is 0.814. The van der Waals surface area contributed by atoms with E-state index in [1.54, 1.807) is 18.2 Å². The van der Waals surface area contributed by atoms with Gasteiger partial charge < -0.3 is 10.4 Å². The Morgan fingerprint density at radius 1 is 1.11 bits per heavy atom. The fourth-order valence-corrected chi connectivity index (χ4v) is 2.12. The standard InChI is InChI=1S/C13H8BrCl2NO2/c14-7-1-3-9(12(18)5-7)13(19)17-8-2-4-10(15)11(16)6-8/h1-6,18H,(H,17,19). The maximum Gasteiger partial charge on any atom is 0.259 e. The molecule has 0 saturated heterocycles. The lowest BCUT2D eigenvalue weighted by molar-refractivity contribution is 0.102. The highest BCUT2D eigenvalue weighted by atomic mass is 79.9. The Morgan fingerprint density at radius 2 is 1.84 bits per heavy atom. The summed E-state index contributed by atoms with van der Waals surface area (Å²) in [7, 11) is 0. The summed E-state index contributed by atoms with van der Waals surface area (Å²) in [5.41, 5.74) is 0.677. The van der Waals surface area contributed by atoms with Crippen LogP contribution in [0.1, 0.15) is 10.4 Å². The van der Waals surface area contributed by atoms with E-state index in [0.29, 0.717) is 20.2 Å². The third-order valence-electron chi connectivity index (χ3n) is 2.38. The molecule has 0 saturated carbocycles. The number of anilines is 1. The monoisotopic (exact) mass is 359 g/mol. The van der Waals surface area contributed by atoms with Crippen molar-refractivity contribution in [3.05, 3.63) is 56.5 Å². The van der Waals surface area contributed by atoms with Crippen molar-refractivity contribution in [3.63, 3.8) is 0 Å². The second-order valence-corrected chi connectivity index (χ2v) is 5.47. The summed E-state index contributed by atoms with van der Waals surface area (Å²) < 4.78 is 0.691. The van der Waals surface area contributed by atoms with Crippen LogP contribution in [-0.4, -0.2) is 11.0 Å². The number of benzene rings is 2. The van der Waals surface area contributed by atoms with Gasteiger partial charge in [0.1, 0.15) is 5.75 Å². The zero-order chi connectivity index (χ0) is 14.0. The Labute approximate surface area is 128 Å². The van der Waals surface area contributed by atoms with Crippen LogP contribution in [0.3, 0.4) is 0 Å². The molecule has 2 N–H and O–H groups in total. The number of phenols is 1. The SMILES string of the molecule is O=C(Nc1ccc(Cl)c(Cl)c1)c1ccc(Br)cc1O. The Hall–Kier alpha value is -1.23.